The average Bonchev–Trinajstić information content (AvgIpc) is 3.13. The summed E-state index contributed by atoms with van der Waals surface area (Å²) >= 11 is 1.18. The lowest BCUT2D eigenvalue weighted by atomic mass is 10.1. The first-order valence-corrected chi connectivity index (χ1v) is 9.24. The van der Waals surface area contributed by atoms with Gasteiger partial charge < -0.3 is 10.2 Å². The molecule has 0 spiro atoms. The Labute approximate surface area is 163 Å². The van der Waals surface area contributed by atoms with Crippen LogP contribution in [-0.4, -0.2) is 31.4 Å². The zero-order chi connectivity index (χ0) is 19.7. The highest BCUT2D eigenvalue weighted by molar-refractivity contribution is 7.99. The Morgan fingerprint density at radius 3 is 2.50 bits per heavy atom. The molecule has 2 heterocycles. The zero-order valence-electron chi connectivity index (χ0n) is 14.5. The van der Waals surface area contributed by atoms with Crippen molar-refractivity contribution in [1.82, 2.24) is 14.6 Å². The van der Waals surface area contributed by atoms with Gasteiger partial charge in [0.15, 0.2) is 11.5 Å². The van der Waals surface area contributed by atoms with Crippen molar-refractivity contribution in [1.29, 1.82) is 0 Å². The molecule has 8 heteroatoms. The highest BCUT2D eigenvalue weighted by Gasteiger charge is 2.12. The van der Waals surface area contributed by atoms with Crippen molar-refractivity contribution in [2.24, 2.45) is 0 Å². The summed E-state index contributed by atoms with van der Waals surface area (Å²) < 4.78 is 28.8. The molecule has 0 aliphatic carbocycles. The lowest BCUT2D eigenvalue weighted by Gasteiger charge is -2.08. The largest absolute Gasteiger partial charge is 0.393 e. The number of aliphatic hydroxyl groups excluding tert-OH is 2. The van der Waals surface area contributed by atoms with Crippen molar-refractivity contribution < 1.29 is 19.0 Å². The molecule has 0 bridgehead atoms. The van der Waals surface area contributed by atoms with Crippen LogP contribution >= 0.6 is 11.8 Å². The van der Waals surface area contributed by atoms with E-state index in [-0.39, 0.29) is 6.61 Å². The van der Waals surface area contributed by atoms with Crippen molar-refractivity contribution in [2.45, 2.75) is 15.9 Å². The Morgan fingerprint density at radius 2 is 1.79 bits per heavy atom. The Bertz CT molecular complexity index is 1130. The lowest BCUT2D eigenvalue weighted by Crippen LogP contribution is -2.02. The van der Waals surface area contributed by atoms with E-state index in [4.69, 9.17) is 5.11 Å². The fourth-order valence-electron chi connectivity index (χ4n) is 2.77. The number of aliphatic hydroxyl groups is 2. The summed E-state index contributed by atoms with van der Waals surface area (Å²) in [7, 11) is 0. The normalized spacial score (nSPS) is 12.4. The third-order valence-corrected chi connectivity index (χ3v) is 5.25. The molecule has 0 saturated heterocycles. The van der Waals surface area contributed by atoms with Crippen LogP contribution in [0.4, 0.5) is 8.78 Å². The number of halogens is 2. The Kier molecular flexibility index (Phi) is 5.08. The van der Waals surface area contributed by atoms with Crippen LogP contribution < -0.4 is 0 Å². The molecule has 28 heavy (non-hydrogen) atoms. The van der Waals surface area contributed by atoms with E-state index >= 15 is 0 Å². The van der Waals surface area contributed by atoms with Crippen molar-refractivity contribution in [3.05, 3.63) is 78.0 Å². The van der Waals surface area contributed by atoms with Gasteiger partial charge in [0.1, 0.15) is 17.7 Å². The van der Waals surface area contributed by atoms with E-state index < -0.39 is 17.7 Å². The van der Waals surface area contributed by atoms with Gasteiger partial charge in [0.25, 0.3) is 0 Å². The fourth-order valence-corrected chi connectivity index (χ4v) is 3.61. The molecule has 0 radical (unpaired) electrons. The second kappa shape index (κ2) is 7.67. The SMILES string of the molecule is OCC(O)c1ccc(-c2nnc3ccc(Sc4ccc(F)cc4F)cn23)cc1. The smallest absolute Gasteiger partial charge is 0.168 e. The number of rotatable bonds is 5. The van der Waals surface area contributed by atoms with E-state index in [1.807, 2.05) is 0 Å². The van der Waals surface area contributed by atoms with Gasteiger partial charge in [-0.15, -0.1) is 10.2 Å². The molecule has 1 unspecified atom stereocenters. The maximum atomic E-state index is 13.9. The molecule has 2 aromatic carbocycles. The zero-order valence-corrected chi connectivity index (χ0v) is 15.3. The second-order valence-electron chi connectivity index (χ2n) is 6.11. The van der Waals surface area contributed by atoms with Gasteiger partial charge in [0, 0.05) is 27.6 Å². The van der Waals surface area contributed by atoms with Crippen LogP contribution in [0, 0.1) is 11.6 Å². The molecular formula is C20H15F2N3O2S. The van der Waals surface area contributed by atoms with E-state index in [2.05, 4.69) is 10.2 Å². The Balaban J connectivity index is 1.68. The molecule has 142 valence electrons. The first-order valence-electron chi connectivity index (χ1n) is 8.42. The summed E-state index contributed by atoms with van der Waals surface area (Å²) in [5, 5.41) is 27.1. The minimum absolute atomic E-state index is 0.317. The standard InChI is InChI=1S/C20H15F2N3O2S/c21-14-5-7-18(16(22)9-14)28-15-6-8-19-23-24-20(25(19)10-15)13-3-1-12(2-4-13)17(27)11-26/h1-10,17,26-27H,11H2. The lowest BCUT2D eigenvalue weighted by molar-refractivity contribution is 0.0956. The van der Waals surface area contributed by atoms with Crippen molar-refractivity contribution in [3.8, 4) is 11.4 Å². The summed E-state index contributed by atoms with van der Waals surface area (Å²) in [6.07, 6.45) is 0.854. The van der Waals surface area contributed by atoms with Crippen LogP contribution in [0.3, 0.4) is 0 Å². The van der Waals surface area contributed by atoms with Crippen LogP contribution in [-0.2, 0) is 0 Å². The maximum absolute atomic E-state index is 13.9. The predicted molar refractivity (Wildman–Crippen MR) is 101 cm³/mol. The van der Waals surface area contributed by atoms with Crippen molar-refractivity contribution in [3.63, 3.8) is 0 Å². The molecule has 4 aromatic rings. The van der Waals surface area contributed by atoms with E-state index in [1.54, 1.807) is 47.0 Å². The number of benzene rings is 2. The fraction of sp³-hybridized carbons (Fsp3) is 0.100. The average molecular weight is 399 g/mol. The van der Waals surface area contributed by atoms with Gasteiger partial charge in [-0.05, 0) is 29.8 Å². The quantitative estimate of drug-likeness (QED) is 0.533. The first-order chi connectivity index (χ1) is 13.5. The highest BCUT2D eigenvalue weighted by Crippen LogP contribution is 2.31. The maximum Gasteiger partial charge on any atom is 0.168 e. The molecule has 0 aliphatic heterocycles. The van der Waals surface area contributed by atoms with Crippen molar-refractivity contribution in [2.75, 3.05) is 6.61 Å². The number of hydrogen-bond donors (Lipinski definition) is 2. The van der Waals surface area contributed by atoms with Gasteiger partial charge in [0.2, 0.25) is 0 Å². The van der Waals surface area contributed by atoms with Crippen LogP contribution in [0.15, 0.2) is 70.6 Å². The van der Waals surface area contributed by atoms with E-state index in [0.29, 0.717) is 21.9 Å². The van der Waals surface area contributed by atoms with Gasteiger partial charge >= 0.3 is 0 Å². The Hall–Kier alpha value is -2.81. The summed E-state index contributed by atoms with van der Waals surface area (Å²) in [5.41, 5.74) is 2.00. The molecule has 1 atom stereocenters. The highest BCUT2D eigenvalue weighted by atomic mass is 32.2. The number of hydrogen-bond acceptors (Lipinski definition) is 5. The summed E-state index contributed by atoms with van der Waals surface area (Å²) in [4.78, 5) is 1.06. The van der Waals surface area contributed by atoms with E-state index in [1.165, 1.54) is 23.9 Å². The van der Waals surface area contributed by atoms with Gasteiger partial charge in [-0.2, -0.15) is 0 Å². The summed E-state index contributed by atoms with van der Waals surface area (Å²) in [6, 6.07) is 14.0. The molecule has 0 amide bonds. The molecule has 0 saturated carbocycles. The van der Waals surface area contributed by atoms with Crippen LogP contribution in [0.1, 0.15) is 11.7 Å². The third kappa shape index (κ3) is 3.62. The molecule has 0 aliphatic rings. The second-order valence-corrected chi connectivity index (χ2v) is 7.23. The number of aromatic nitrogens is 3. The minimum atomic E-state index is -0.933. The topological polar surface area (TPSA) is 70.7 Å². The van der Waals surface area contributed by atoms with Gasteiger partial charge in [-0.3, -0.25) is 4.40 Å². The van der Waals surface area contributed by atoms with Gasteiger partial charge in [0.05, 0.1) is 6.61 Å². The molecule has 2 N–H and O–H groups in total. The van der Waals surface area contributed by atoms with Crippen LogP contribution in [0.5, 0.6) is 0 Å². The number of pyridine rings is 1. The minimum Gasteiger partial charge on any atom is -0.393 e. The summed E-state index contributed by atoms with van der Waals surface area (Å²) in [6.45, 7) is -0.353. The summed E-state index contributed by atoms with van der Waals surface area (Å²) in [5.74, 6) is -0.651. The van der Waals surface area contributed by atoms with E-state index in [9.17, 15) is 13.9 Å². The van der Waals surface area contributed by atoms with Crippen LogP contribution in [0.2, 0.25) is 0 Å². The molecule has 4 rings (SSSR count). The predicted octanol–water partition coefficient (Wildman–Crippen LogP) is 3.85. The van der Waals surface area contributed by atoms with Crippen LogP contribution in [0.25, 0.3) is 17.0 Å². The van der Waals surface area contributed by atoms with Crippen molar-refractivity contribution >= 4 is 17.4 Å². The molecular weight excluding hydrogens is 384 g/mol. The molecule has 0 fully saturated rings. The molecule has 2 aromatic heterocycles. The first kappa shape index (κ1) is 18.5. The van der Waals surface area contributed by atoms with Gasteiger partial charge in [-0.1, -0.05) is 36.0 Å². The number of fused-ring (bicyclic) bond motifs is 1. The van der Waals surface area contributed by atoms with E-state index in [0.717, 1.165) is 16.5 Å². The Morgan fingerprint density at radius 1 is 1.00 bits per heavy atom. The van der Waals surface area contributed by atoms with Gasteiger partial charge in [-0.25, -0.2) is 8.78 Å². The monoisotopic (exact) mass is 399 g/mol. The number of nitrogens with zero attached hydrogens (tertiary/aromatic N) is 3. The third-order valence-electron chi connectivity index (χ3n) is 4.22. The molecule has 5 nitrogen and oxygen atoms in total.